The summed E-state index contributed by atoms with van der Waals surface area (Å²) in [4.78, 5) is 12.8. The van der Waals surface area contributed by atoms with Crippen molar-refractivity contribution in [3.8, 4) is 0 Å². The molecule has 0 atom stereocenters. The first-order chi connectivity index (χ1) is 15.4. The van der Waals surface area contributed by atoms with Crippen molar-refractivity contribution >= 4 is 84.3 Å². The van der Waals surface area contributed by atoms with E-state index in [0.29, 0.717) is 23.1 Å². The van der Waals surface area contributed by atoms with E-state index in [2.05, 4.69) is 15.3 Å². The number of benzene rings is 3. The minimum absolute atomic E-state index is 0. The summed E-state index contributed by atoms with van der Waals surface area (Å²) in [6, 6.07) is 22.4. The van der Waals surface area contributed by atoms with Crippen LogP contribution < -0.4 is 22.5 Å². The van der Waals surface area contributed by atoms with Gasteiger partial charge in [-0.05, 0) is 48.5 Å². The number of nitrogens with two attached hydrogens (primary N) is 3. The third-order valence-electron chi connectivity index (χ3n) is 4.80. The summed E-state index contributed by atoms with van der Waals surface area (Å²) in [6.45, 7) is 0. The molecule has 12 heteroatoms. The minimum atomic E-state index is 0. The predicted octanol–water partition coefficient (Wildman–Crippen LogP) is 4.52. The van der Waals surface area contributed by atoms with Crippen molar-refractivity contribution in [1.29, 1.82) is 5.41 Å². The largest absolute Gasteiger partial charge is 0.384 e. The van der Waals surface area contributed by atoms with E-state index in [1.807, 2.05) is 60.7 Å². The van der Waals surface area contributed by atoms with Gasteiger partial charge in [0.15, 0.2) is 0 Å². The first-order valence-electron chi connectivity index (χ1n) is 9.87. The smallest absolute Gasteiger partial charge is 0.138 e. The van der Waals surface area contributed by atoms with Gasteiger partial charge in [-0.2, -0.15) is 0 Å². The maximum Gasteiger partial charge on any atom is 0.138 e. The van der Waals surface area contributed by atoms with Crippen LogP contribution in [0.3, 0.4) is 0 Å². The number of halogens is 4. The number of hydrogen-bond acceptors (Lipinski definition) is 4. The lowest BCUT2D eigenvalue weighted by Gasteiger charge is -2.12. The molecule has 0 aliphatic carbocycles. The maximum absolute atomic E-state index is 7.61. The van der Waals surface area contributed by atoms with Crippen molar-refractivity contribution in [3.63, 3.8) is 0 Å². The summed E-state index contributed by atoms with van der Waals surface area (Å²) < 4.78 is 0. The van der Waals surface area contributed by atoms with E-state index in [-0.39, 0.29) is 55.5 Å². The number of anilines is 1. The van der Waals surface area contributed by atoms with E-state index in [4.69, 9.17) is 27.6 Å². The van der Waals surface area contributed by atoms with Gasteiger partial charge in [0.25, 0.3) is 0 Å². The topological polar surface area (TPSA) is 151 Å². The highest BCUT2D eigenvalue weighted by molar-refractivity contribution is 6.10. The third-order valence-corrected chi connectivity index (χ3v) is 4.80. The van der Waals surface area contributed by atoms with Crippen LogP contribution in [0, 0.1) is 5.41 Å². The summed E-state index contributed by atoms with van der Waals surface area (Å²) in [5.41, 5.74) is 22.1. The van der Waals surface area contributed by atoms with Gasteiger partial charge in [0.05, 0.1) is 5.69 Å². The minimum Gasteiger partial charge on any atom is -0.384 e. The molecule has 0 heterocycles. The second-order valence-electron chi connectivity index (χ2n) is 6.92. The Hall–Kier alpha value is -3.30. The number of hydrogen-bond donors (Lipinski definition) is 5. The first-order valence-corrected chi connectivity index (χ1v) is 9.87. The Morgan fingerprint density at radius 1 is 0.611 bits per heavy atom. The Kier molecular flexibility index (Phi) is 15.9. The molecule has 0 amide bonds. The van der Waals surface area contributed by atoms with Crippen LogP contribution in [0.2, 0.25) is 0 Å². The molecular weight excluding hydrogens is 542 g/mol. The van der Waals surface area contributed by atoms with Crippen LogP contribution in [0.25, 0.3) is 0 Å². The lowest BCUT2D eigenvalue weighted by Crippen LogP contribution is -2.16. The molecule has 3 aromatic carbocycles. The van der Waals surface area contributed by atoms with Crippen LogP contribution in [0.5, 0.6) is 0 Å². The van der Waals surface area contributed by atoms with Crippen LogP contribution in [-0.4, -0.2) is 37.4 Å². The molecule has 8 N–H and O–H groups in total. The zero-order valence-electron chi connectivity index (χ0n) is 19.6. The average Bonchev–Trinajstić information content (AvgIpc) is 2.83. The monoisotopic (exact) mass is 570 g/mol. The Bertz CT molecular complexity index is 1190. The van der Waals surface area contributed by atoms with Crippen LogP contribution in [0.1, 0.15) is 22.3 Å². The molecule has 0 unspecified atom stereocenters. The lowest BCUT2D eigenvalue weighted by molar-refractivity contribution is 1.38. The van der Waals surface area contributed by atoms with Gasteiger partial charge in [-0.25, -0.2) is 4.99 Å². The third kappa shape index (κ3) is 9.05. The number of rotatable bonds is 6. The summed E-state index contributed by atoms with van der Waals surface area (Å²) in [7, 11) is 3.31. The molecule has 0 aliphatic rings. The quantitative estimate of drug-likeness (QED) is 0.218. The van der Waals surface area contributed by atoms with Crippen molar-refractivity contribution in [2.24, 2.45) is 32.2 Å². The molecule has 3 aromatic rings. The number of amidine groups is 4. The molecule has 0 spiro atoms. The number of nitrogens with zero attached hydrogens (tertiary/aromatic N) is 3. The molecule has 0 saturated heterocycles. The lowest BCUT2D eigenvalue weighted by atomic mass is 10.1. The zero-order chi connectivity index (χ0) is 23.1. The second kappa shape index (κ2) is 16.4. The fourth-order valence-electron chi connectivity index (χ4n) is 2.93. The van der Waals surface area contributed by atoms with Crippen LogP contribution in [-0.2, 0) is 0 Å². The number of nitrogen functional groups attached to an aromatic ring is 1. The normalized spacial score (nSPS) is 11.1. The van der Waals surface area contributed by atoms with Crippen molar-refractivity contribution < 1.29 is 0 Å². The molecule has 0 fully saturated rings. The number of aliphatic imine (C=N–C) groups is 3. The van der Waals surface area contributed by atoms with Crippen LogP contribution >= 0.6 is 49.6 Å². The molecule has 36 heavy (non-hydrogen) atoms. The van der Waals surface area contributed by atoms with Crippen molar-refractivity contribution in [1.82, 2.24) is 0 Å². The van der Waals surface area contributed by atoms with E-state index in [9.17, 15) is 0 Å². The molecule has 0 bridgehead atoms. The van der Waals surface area contributed by atoms with E-state index in [1.54, 1.807) is 26.2 Å². The van der Waals surface area contributed by atoms with Crippen LogP contribution in [0.4, 0.5) is 11.4 Å². The average molecular weight is 572 g/mol. The molecule has 0 aromatic heterocycles. The Morgan fingerprint density at radius 3 is 1.42 bits per heavy atom. The summed E-state index contributed by atoms with van der Waals surface area (Å²) in [6.07, 6.45) is 0. The van der Waals surface area contributed by atoms with E-state index in [0.717, 1.165) is 28.1 Å². The zero-order valence-corrected chi connectivity index (χ0v) is 22.9. The molecule has 0 saturated carbocycles. The van der Waals surface area contributed by atoms with Gasteiger partial charge in [-0.3, -0.25) is 15.4 Å². The van der Waals surface area contributed by atoms with Gasteiger partial charge >= 0.3 is 0 Å². The van der Waals surface area contributed by atoms with Gasteiger partial charge in [-0.1, -0.05) is 24.3 Å². The van der Waals surface area contributed by atoms with Gasteiger partial charge in [0.2, 0.25) is 0 Å². The Balaban J connectivity index is 0. The molecule has 0 aliphatic heterocycles. The molecule has 0 radical (unpaired) electrons. The molecule has 194 valence electrons. The van der Waals surface area contributed by atoms with E-state index in [1.165, 1.54) is 0 Å². The number of nitrogens with one attached hydrogen (secondary N) is 2. The Labute approximate surface area is 235 Å². The molecule has 8 nitrogen and oxygen atoms in total. The fourth-order valence-corrected chi connectivity index (χ4v) is 2.93. The highest BCUT2D eigenvalue weighted by Gasteiger charge is 2.08. The predicted molar refractivity (Wildman–Crippen MR) is 162 cm³/mol. The van der Waals surface area contributed by atoms with Crippen molar-refractivity contribution in [3.05, 3.63) is 95.1 Å². The van der Waals surface area contributed by atoms with E-state index < -0.39 is 0 Å². The standard InChI is InChI=1S/C24H26N8.4ClH/c1-29-22(27)16-7-11-19(12-8-16)31-24(18-5-3-15(4-6-18)21(25)26)32-20-13-9-17(10-14-20)23(28)30-2;;;;/h3-14H,1-2H3,(H3,25,26)(H2,27,29)(H2,28,30)(H,31,32);4*1H. The summed E-state index contributed by atoms with van der Waals surface area (Å²) in [5, 5.41) is 11.0. The van der Waals surface area contributed by atoms with Gasteiger partial charge in [0, 0.05) is 42.0 Å². The summed E-state index contributed by atoms with van der Waals surface area (Å²) >= 11 is 0. The van der Waals surface area contributed by atoms with Crippen molar-refractivity contribution in [2.45, 2.75) is 0 Å². The van der Waals surface area contributed by atoms with Gasteiger partial charge < -0.3 is 22.5 Å². The fraction of sp³-hybridized carbons (Fsp3) is 0.0833. The maximum atomic E-state index is 7.61. The molecular formula is C24H30Cl4N8. The first kappa shape index (κ1) is 34.9. The van der Waals surface area contributed by atoms with Gasteiger partial charge in [-0.15, -0.1) is 49.6 Å². The van der Waals surface area contributed by atoms with E-state index >= 15 is 0 Å². The van der Waals surface area contributed by atoms with Crippen LogP contribution in [0.15, 0.2) is 87.8 Å². The summed E-state index contributed by atoms with van der Waals surface area (Å²) in [5.74, 6) is 1.59. The highest BCUT2D eigenvalue weighted by Crippen LogP contribution is 2.18. The van der Waals surface area contributed by atoms with Gasteiger partial charge in [0.1, 0.15) is 23.3 Å². The highest BCUT2D eigenvalue weighted by atomic mass is 35.5. The van der Waals surface area contributed by atoms with Crippen molar-refractivity contribution in [2.75, 3.05) is 19.4 Å². The second-order valence-corrected chi connectivity index (χ2v) is 6.92. The SMILES string of the molecule is CN=C(N)c1ccc(N=C(Nc2ccc(C(N)=NC)cc2)c2ccc(C(=N)N)cc2)cc1.Cl.Cl.Cl.Cl. The Morgan fingerprint density at radius 2 is 1.00 bits per heavy atom. The molecule has 3 rings (SSSR count).